The van der Waals surface area contributed by atoms with Gasteiger partial charge >= 0.3 is 5.97 Å². The fourth-order valence-electron chi connectivity index (χ4n) is 5.00. The van der Waals surface area contributed by atoms with Gasteiger partial charge in [0, 0.05) is 0 Å². The summed E-state index contributed by atoms with van der Waals surface area (Å²) in [5.41, 5.74) is 2.79. The first kappa shape index (κ1) is 34.1. The van der Waals surface area contributed by atoms with Gasteiger partial charge in [-0.05, 0) is 132 Å². The van der Waals surface area contributed by atoms with Crippen molar-refractivity contribution in [3.63, 3.8) is 0 Å². The number of carbonyl (C=O) groups is 1. The van der Waals surface area contributed by atoms with Crippen molar-refractivity contribution in [3.8, 4) is 17.2 Å². The number of nitrogens with zero attached hydrogens (tertiary/aromatic N) is 2. The van der Waals surface area contributed by atoms with Gasteiger partial charge in [-0.3, -0.25) is 9.36 Å². The fraction of sp³-hybridized carbons (Fsp3) is 0.265. The lowest BCUT2D eigenvalue weighted by Gasteiger charge is -2.25. The summed E-state index contributed by atoms with van der Waals surface area (Å²) in [5, 5.41) is 0. The lowest BCUT2D eigenvalue weighted by atomic mass is 9.95. The van der Waals surface area contributed by atoms with Gasteiger partial charge in [0.15, 0.2) is 16.3 Å². The first-order valence-corrected chi connectivity index (χ1v) is 17.4. The molecule has 12 heteroatoms. The number of halogens is 3. The maximum atomic E-state index is 14.1. The molecular weight excluding hydrogens is 837 g/mol. The number of rotatable bonds is 10. The zero-order chi connectivity index (χ0) is 33.1. The van der Waals surface area contributed by atoms with Crippen molar-refractivity contribution in [2.45, 2.75) is 46.4 Å². The molecule has 0 fully saturated rings. The monoisotopic (exact) mass is 868 g/mol. The number of thiazole rings is 1. The van der Waals surface area contributed by atoms with E-state index in [9.17, 15) is 14.0 Å². The van der Waals surface area contributed by atoms with Crippen LogP contribution in [0.1, 0.15) is 50.4 Å². The molecule has 0 saturated carbocycles. The molecule has 0 aliphatic carbocycles. The summed E-state index contributed by atoms with van der Waals surface area (Å²) in [7, 11) is 1.55. The van der Waals surface area contributed by atoms with Crippen molar-refractivity contribution >= 4 is 68.6 Å². The number of carbonyl (C=O) groups excluding carboxylic acids is 1. The molecule has 1 atom stereocenters. The van der Waals surface area contributed by atoms with Crippen molar-refractivity contribution in [1.29, 1.82) is 0 Å². The highest BCUT2D eigenvalue weighted by atomic mass is 127. The molecule has 0 N–H and O–H groups in total. The van der Waals surface area contributed by atoms with Crippen LogP contribution in [0.4, 0.5) is 4.39 Å². The number of esters is 1. The van der Waals surface area contributed by atoms with Crippen molar-refractivity contribution < 1.29 is 28.1 Å². The van der Waals surface area contributed by atoms with Crippen LogP contribution in [-0.2, 0) is 16.1 Å². The van der Waals surface area contributed by atoms with Crippen molar-refractivity contribution in [2.24, 2.45) is 4.99 Å². The summed E-state index contributed by atoms with van der Waals surface area (Å²) in [6.45, 7) is 7.81. The van der Waals surface area contributed by atoms with E-state index in [1.165, 1.54) is 23.5 Å². The van der Waals surface area contributed by atoms with Crippen LogP contribution < -0.4 is 29.1 Å². The van der Waals surface area contributed by atoms with E-state index >= 15 is 0 Å². The van der Waals surface area contributed by atoms with Crippen LogP contribution in [0.3, 0.4) is 0 Å². The van der Waals surface area contributed by atoms with E-state index in [0.717, 1.165) is 18.3 Å². The van der Waals surface area contributed by atoms with Crippen molar-refractivity contribution in [3.05, 3.63) is 115 Å². The van der Waals surface area contributed by atoms with Gasteiger partial charge in [0.2, 0.25) is 0 Å². The Morgan fingerprint density at radius 3 is 2.41 bits per heavy atom. The number of hydrogen-bond acceptors (Lipinski definition) is 8. The number of methoxy groups -OCH3 is 1. The van der Waals surface area contributed by atoms with E-state index in [-0.39, 0.29) is 29.7 Å². The second kappa shape index (κ2) is 14.7. The van der Waals surface area contributed by atoms with Gasteiger partial charge in [0.05, 0.1) is 48.8 Å². The van der Waals surface area contributed by atoms with Gasteiger partial charge in [-0.15, -0.1) is 0 Å². The number of allylic oxidation sites excluding steroid dienone is 1. The molecule has 0 bridgehead atoms. The molecule has 46 heavy (non-hydrogen) atoms. The first-order chi connectivity index (χ1) is 22.0. The molecule has 1 aliphatic heterocycles. The van der Waals surface area contributed by atoms with Crippen LogP contribution >= 0.6 is 56.5 Å². The number of benzene rings is 3. The van der Waals surface area contributed by atoms with E-state index in [4.69, 9.17) is 18.9 Å². The maximum Gasteiger partial charge on any atom is 0.338 e. The Labute approximate surface area is 296 Å². The van der Waals surface area contributed by atoms with Crippen LogP contribution in [0.25, 0.3) is 6.08 Å². The Balaban J connectivity index is 1.57. The summed E-state index contributed by atoms with van der Waals surface area (Å²) < 4.78 is 40.0. The van der Waals surface area contributed by atoms with Gasteiger partial charge < -0.3 is 18.9 Å². The van der Waals surface area contributed by atoms with Crippen LogP contribution in [-0.4, -0.2) is 30.4 Å². The van der Waals surface area contributed by atoms with Crippen LogP contribution in [0, 0.1) is 13.0 Å². The highest BCUT2D eigenvalue weighted by Crippen LogP contribution is 2.37. The minimum Gasteiger partial charge on any atom is -0.493 e. The summed E-state index contributed by atoms with van der Waals surface area (Å²) in [4.78, 5) is 32.6. The topological polar surface area (TPSA) is 88.4 Å². The quantitative estimate of drug-likeness (QED) is 0.133. The molecule has 0 amide bonds. The molecule has 0 saturated heterocycles. The third-order valence-corrected chi connectivity index (χ3v) is 9.58. The molecule has 4 aromatic rings. The Bertz CT molecular complexity index is 1980. The van der Waals surface area contributed by atoms with Crippen molar-refractivity contribution in [2.75, 3.05) is 13.7 Å². The van der Waals surface area contributed by atoms with Crippen molar-refractivity contribution in [1.82, 2.24) is 4.57 Å². The molecule has 0 unspecified atom stereocenters. The van der Waals surface area contributed by atoms with Gasteiger partial charge in [0.25, 0.3) is 5.56 Å². The van der Waals surface area contributed by atoms with Crippen LogP contribution in [0.15, 0.2) is 75.7 Å². The molecule has 5 rings (SSSR count). The molecule has 0 spiro atoms. The molecule has 8 nitrogen and oxygen atoms in total. The third kappa shape index (κ3) is 7.33. The minimum atomic E-state index is -0.790. The number of fused-ring (bicyclic) bond motifs is 1. The standard InChI is InChI=1S/C34H31FI2N2O6S/c1-6-43-33(41)29-19(4)38-34-39(30(29)22-9-12-26(45-18(2)3)27(16-22)42-5)32(40)28(46-34)15-21-13-24(36)31(25(37)14-21)44-17-20-7-10-23(35)11-8-20/h7-16,18,30H,6,17H2,1-5H3/b28-15-/t30-/m1/s1. The summed E-state index contributed by atoms with van der Waals surface area (Å²) in [5.74, 6) is 0.913. The highest BCUT2D eigenvalue weighted by molar-refractivity contribution is 14.1. The second-order valence-electron chi connectivity index (χ2n) is 10.6. The predicted molar refractivity (Wildman–Crippen MR) is 192 cm³/mol. The lowest BCUT2D eigenvalue weighted by molar-refractivity contribution is -0.139. The molecule has 2 heterocycles. The van der Waals surface area contributed by atoms with Gasteiger partial charge in [-0.2, -0.15) is 0 Å². The fourth-order valence-corrected chi connectivity index (χ4v) is 8.17. The number of ether oxygens (including phenoxy) is 4. The third-order valence-electron chi connectivity index (χ3n) is 7.00. The minimum absolute atomic E-state index is 0.0730. The average Bonchev–Trinajstić information content (AvgIpc) is 3.30. The Morgan fingerprint density at radius 1 is 1.09 bits per heavy atom. The molecular formula is C34H31FI2N2O6S. The van der Waals surface area contributed by atoms with Crippen LogP contribution in [0.2, 0.25) is 0 Å². The molecule has 0 radical (unpaired) electrons. The number of aromatic nitrogens is 1. The second-order valence-corrected chi connectivity index (χ2v) is 13.9. The highest BCUT2D eigenvalue weighted by Gasteiger charge is 2.34. The van der Waals surface area contributed by atoms with E-state index in [1.54, 1.807) is 49.8 Å². The zero-order valence-corrected chi connectivity index (χ0v) is 30.9. The van der Waals surface area contributed by atoms with Gasteiger partial charge in [-0.1, -0.05) is 29.5 Å². The summed E-state index contributed by atoms with van der Waals surface area (Å²) >= 11 is 5.66. The predicted octanol–water partition coefficient (Wildman–Crippen LogP) is 6.52. The van der Waals surface area contributed by atoms with E-state index in [2.05, 4.69) is 50.2 Å². The van der Waals surface area contributed by atoms with E-state index in [1.807, 2.05) is 38.1 Å². The Kier molecular flexibility index (Phi) is 10.9. The largest absolute Gasteiger partial charge is 0.493 e. The SMILES string of the molecule is CCOC(=O)C1=C(C)N=c2s/c(=C\c3cc(I)c(OCc4ccc(F)cc4)c(I)c3)c(=O)n2[C@@H]1c1ccc(OC(C)C)c(OC)c1. The lowest BCUT2D eigenvalue weighted by Crippen LogP contribution is -2.40. The molecule has 240 valence electrons. The smallest absolute Gasteiger partial charge is 0.338 e. The zero-order valence-electron chi connectivity index (χ0n) is 25.7. The maximum absolute atomic E-state index is 14.1. The average molecular weight is 869 g/mol. The van der Waals surface area contributed by atoms with E-state index in [0.29, 0.717) is 44.4 Å². The molecule has 1 aromatic heterocycles. The number of hydrogen-bond donors (Lipinski definition) is 0. The van der Waals surface area contributed by atoms with Gasteiger partial charge in [0.1, 0.15) is 18.2 Å². The molecule has 1 aliphatic rings. The van der Waals surface area contributed by atoms with Gasteiger partial charge in [-0.25, -0.2) is 14.2 Å². The summed E-state index contributed by atoms with van der Waals surface area (Å²) in [6, 6.07) is 14.7. The Hall–Kier alpha value is -3.24. The molecule has 3 aromatic carbocycles. The van der Waals surface area contributed by atoms with E-state index < -0.39 is 12.0 Å². The first-order valence-electron chi connectivity index (χ1n) is 14.4. The van der Waals surface area contributed by atoms with Crippen LogP contribution in [0.5, 0.6) is 17.2 Å². The Morgan fingerprint density at radius 2 is 1.78 bits per heavy atom. The summed E-state index contributed by atoms with van der Waals surface area (Å²) in [6.07, 6.45) is 1.75. The normalized spacial score (nSPS) is 14.6.